The van der Waals surface area contributed by atoms with E-state index in [1.807, 2.05) is 56.3 Å². The fraction of sp³-hybridized carbons (Fsp3) is 0.312. The van der Waals surface area contributed by atoms with Gasteiger partial charge >= 0.3 is 0 Å². The van der Waals surface area contributed by atoms with Crippen molar-refractivity contribution in [2.45, 2.75) is 52.6 Å². The van der Waals surface area contributed by atoms with Crippen molar-refractivity contribution in [3.8, 4) is 11.5 Å². The minimum Gasteiger partial charge on any atom is -0.490 e. The minimum atomic E-state index is -0.618. The highest BCUT2D eigenvalue weighted by atomic mass is 16.5. The fourth-order valence-corrected chi connectivity index (χ4v) is 4.98. The molecule has 0 saturated heterocycles. The fourth-order valence-electron chi connectivity index (χ4n) is 4.98. The normalized spacial score (nSPS) is 14.7. The standard InChI is InChI=1S/C32H33NO5/c1-4-6-9-18-37-26-17-16-23(19-27(26)36-5-2)29-28-30(34)24-10-7-8-11-25(24)38-31(28)32(35)33(29)20-22-14-12-21(3)13-15-22/h7-8,10-17,19,29H,4-6,9,18,20H2,1-3H3. The Morgan fingerprint density at radius 1 is 0.895 bits per heavy atom. The van der Waals surface area contributed by atoms with E-state index in [4.69, 9.17) is 13.9 Å². The van der Waals surface area contributed by atoms with Crippen LogP contribution in [0.4, 0.5) is 0 Å². The highest BCUT2D eigenvalue weighted by Gasteiger charge is 2.43. The Hall–Kier alpha value is -4.06. The zero-order valence-electron chi connectivity index (χ0n) is 22.2. The zero-order chi connectivity index (χ0) is 26.6. The Kier molecular flexibility index (Phi) is 7.50. The van der Waals surface area contributed by atoms with Crippen LogP contribution in [0.2, 0.25) is 0 Å². The number of unbranched alkanes of at least 4 members (excludes halogenated alkanes) is 2. The molecular formula is C32H33NO5. The third-order valence-corrected chi connectivity index (χ3v) is 6.94. The molecule has 0 fully saturated rings. The molecule has 0 radical (unpaired) electrons. The van der Waals surface area contributed by atoms with Crippen LogP contribution < -0.4 is 14.9 Å². The summed E-state index contributed by atoms with van der Waals surface area (Å²) in [5.74, 6) is 1.06. The van der Waals surface area contributed by atoms with Gasteiger partial charge in [-0.25, -0.2) is 0 Å². The molecule has 5 rings (SSSR count). The van der Waals surface area contributed by atoms with Gasteiger partial charge in [-0.1, -0.05) is 67.8 Å². The first-order chi connectivity index (χ1) is 18.5. The quantitative estimate of drug-likeness (QED) is 0.219. The van der Waals surface area contributed by atoms with E-state index >= 15 is 0 Å². The molecule has 2 heterocycles. The summed E-state index contributed by atoms with van der Waals surface area (Å²) in [6, 6.07) is 20.2. The van der Waals surface area contributed by atoms with Gasteiger partial charge in [0.05, 0.1) is 30.2 Å². The molecule has 6 nitrogen and oxygen atoms in total. The molecule has 38 heavy (non-hydrogen) atoms. The SMILES string of the molecule is CCCCCOc1ccc(C2c3c(oc4ccccc4c3=O)C(=O)N2Cc2ccc(C)cc2)cc1OCC. The van der Waals surface area contributed by atoms with Gasteiger partial charge in [-0.3, -0.25) is 9.59 Å². The van der Waals surface area contributed by atoms with E-state index < -0.39 is 6.04 Å². The number of rotatable bonds is 10. The van der Waals surface area contributed by atoms with Crippen LogP contribution in [0.5, 0.6) is 11.5 Å². The second kappa shape index (κ2) is 11.1. The zero-order valence-corrected chi connectivity index (χ0v) is 22.2. The molecular weight excluding hydrogens is 478 g/mol. The second-order valence-electron chi connectivity index (χ2n) is 9.69. The number of aryl methyl sites for hydroxylation is 1. The summed E-state index contributed by atoms with van der Waals surface area (Å²) in [6.07, 6.45) is 3.18. The first-order valence-corrected chi connectivity index (χ1v) is 13.3. The van der Waals surface area contributed by atoms with Gasteiger partial charge in [0.25, 0.3) is 5.91 Å². The maximum Gasteiger partial charge on any atom is 0.291 e. The van der Waals surface area contributed by atoms with Crippen molar-refractivity contribution < 1.29 is 18.7 Å². The van der Waals surface area contributed by atoms with E-state index in [0.29, 0.717) is 47.8 Å². The van der Waals surface area contributed by atoms with Crippen LogP contribution in [0.3, 0.4) is 0 Å². The lowest BCUT2D eigenvalue weighted by atomic mass is 9.97. The smallest absolute Gasteiger partial charge is 0.291 e. The first-order valence-electron chi connectivity index (χ1n) is 13.3. The number of benzene rings is 3. The van der Waals surface area contributed by atoms with Crippen LogP contribution >= 0.6 is 0 Å². The van der Waals surface area contributed by atoms with Gasteiger partial charge in [0.15, 0.2) is 16.9 Å². The van der Waals surface area contributed by atoms with Crippen LogP contribution in [0.15, 0.2) is 75.9 Å². The number of ether oxygens (including phenoxy) is 2. The number of carbonyl (C=O) groups is 1. The second-order valence-corrected chi connectivity index (χ2v) is 9.69. The molecule has 196 valence electrons. The third kappa shape index (κ3) is 4.91. The highest BCUT2D eigenvalue weighted by Crippen LogP contribution is 2.41. The van der Waals surface area contributed by atoms with E-state index in [-0.39, 0.29) is 17.1 Å². The predicted molar refractivity (Wildman–Crippen MR) is 148 cm³/mol. The Labute approximate surface area is 222 Å². The number of hydrogen-bond acceptors (Lipinski definition) is 5. The topological polar surface area (TPSA) is 69.0 Å². The molecule has 0 spiro atoms. The van der Waals surface area contributed by atoms with Gasteiger partial charge in [-0.05, 0) is 55.7 Å². The van der Waals surface area contributed by atoms with Gasteiger partial charge in [0, 0.05) is 6.54 Å². The Morgan fingerprint density at radius 2 is 1.68 bits per heavy atom. The third-order valence-electron chi connectivity index (χ3n) is 6.94. The van der Waals surface area contributed by atoms with Gasteiger partial charge in [-0.15, -0.1) is 0 Å². The monoisotopic (exact) mass is 511 g/mol. The predicted octanol–water partition coefficient (Wildman–Crippen LogP) is 6.81. The first kappa shape index (κ1) is 25.6. The van der Waals surface area contributed by atoms with Gasteiger partial charge in [-0.2, -0.15) is 0 Å². The average molecular weight is 512 g/mol. The van der Waals surface area contributed by atoms with Crippen molar-refractivity contribution in [3.05, 3.63) is 105 Å². The average Bonchev–Trinajstić information content (AvgIpc) is 3.20. The molecule has 0 N–H and O–H groups in total. The molecule has 0 bridgehead atoms. The molecule has 3 aromatic carbocycles. The number of carbonyl (C=O) groups excluding carboxylic acids is 1. The number of amides is 1. The molecule has 0 saturated carbocycles. The lowest BCUT2D eigenvalue weighted by Gasteiger charge is -2.26. The van der Waals surface area contributed by atoms with Crippen molar-refractivity contribution in [3.63, 3.8) is 0 Å². The molecule has 1 aliphatic heterocycles. The molecule has 4 aromatic rings. The Bertz CT molecular complexity index is 1510. The molecule has 1 aromatic heterocycles. The number of fused-ring (bicyclic) bond motifs is 2. The summed E-state index contributed by atoms with van der Waals surface area (Å²) >= 11 is 0. The summed E-state index contributed by atoms with van der Waals surface area (Å²) in [5, 5.41) is 0.460. The van der Waals surface area contributed by atoms with Crippen molar-refractivity contribution >= 4 is 16.9 Å². The number of nitrogens with zero attached hydrogens (tertiary/aromatic N) is 1. The van der Waals surface area contributed by atoms with Crippen molar-refractivity contribution in [2.75, 3.05) is 13.2 Å². The molecule has 1 aliphatic rings. The molecule has 1 amide bonds. The van der Waals surface area contributed by atoms with E-state index in [1.54, 1.807) is 29.2 Å². The Morgan fingerprint density at radius 3 is 2.45 bits per heavy atom. The van der Waals surface area contributed by atoms with Crippen LogP contribution in [0.1, 0.15) is 72.0 Å². The molecule has 6 heteroatoms. The summed E-state index contributed by atoms with van der Waals surface area (Å²) < 4.78 is 18.0. The number of hydrogen-bond donors (Lipinski definition) is 0. The number of para-hydroxylation sites is 1. The molecule has 1 unspecified atom stereocenters. The minimum absolute atomic E-state index is 0.101. The highest BCUT2D eigenvalue weighted by molar-refractivity contribution is 5.99. The van der Waals surface area contributed by atoms with Crippen LogP contribution in [-0.4, -0.2) is 24.0 Å². The van der Waals surface area contributed by atoms with Gasteiger partial charge in [0.1, 0.15) is 5.58 Å². The lowest BCUT2D eigenvalue weighted by Crippen LogP contribution is -2.29. The van der Waals surface area contributed by atoms with E-state index in [0.717, 1.165) is 36.0 Å². The maximum atomic E-state index is 13.8. The maximum absolute atomic E-state index is 13.8. The lowest BCUT2D eigenvalue weighted by molar-refractivity contribution is 0.0714. The van der Waals surface area contributed by atoms with Crippen LogP contribution in [0.25, 0.3) is 11.0 Å². The van der Waals surface area contributed by atoms with Gasteiger partial charge in [0.2, 0.25) is 5.76 Å². The summed E-state index contributed by atoms with van der Waals surface area (Å²) in [6.45, 7) is 7.51. The van der Waals surface area contributed by atoms with E-state index in [9.17, 15) is 9.59 Å². The molecule has 0 aliphatic carbocycles. The van der Waals surface area contributed by atoms with Crippen molar-refractivity contribution in [2.24, 2.45) is 0 Å². The van der Waals surface area contributed by atoms with Crippen LogP contribution in [0, 0.1) is 6.92 Å². The van der Waals surface area contributed by atoms with Gasteiger partial charge < -0.3 is 18.8 Å². The van der Waals surface area contributed by atoms with Crippen LogP contribution in [-0.2, 0) is 6.54 Å². The van der Waals surface area contributed by atoms with Crippen molar-refractivity contribution in [1.29, 1.82) is 0 Å². The summed E-state index contributed by atoms with van der Waals surface area (Å²) in [5.41, 5.74) is 3.46. The molecule has 1 atom stereocenters. The summed E-state index contributed by atoms with van der Waals surface area (Å²) in [7, 11) is 0. The van der Waals surface area contributed by atoms with E-state index in [1.165, 1.54) is 0 Å². The Balaban J connectivity index is 1.61. The summed E-state index contributed by atoms with van der Waals surface area (Å²) in [4.78, 5) is 29.3. The largest absolute Gasteiger partial charge is 0.490 e. The van der Waals surface area contributed by atoms with E-state index in [2.05, 4.69) is 6.92 Å². The van der Waals surface area contributed by atoms with Crippen molar-refractivity contribution in [1.82, 2.24) is 4.90 Å².